The molecule has 2 N–H and O–H groups in total. The highest BCUT2D eigenvalue weighted by atomic mass is 16.4. The van der Waals surface area contributed by atoms with Gasteiger partial charge in [-0.05, 0) is 23.3 Å². The first-order valence-electron chi connectivity index (χ1n) is 7.28. The van der Waals surface area contributed by atoms with Crippen molar-refractivity contribution in [1.82, 2.24) is 0 Å². The summed E-state index contributed by atoms with van der Waals surface area (Å²) in [5, 5.41) is 11.5. The Hall–Kier alpha value is -2.62. The molecule has 2 rings (SSSR count). The van der Waals surface area contributed by atoms with E-state index in [0.717, 1.165) is 5.56 Å². The van der Waals surface area contributed by atoms with Gasteiger partial charge in [-0.15, -0.1) is 0 Å². The highest BCUT2D eigenvalue weighted by Gasteiger charge is 2.04. The van der Waals surface area contributed by atoms with E-state index in [9.17, 15) is 9.59 Å². The number of hydrogen-bond donors (Lipinski definition) is 2. The average Bonchev–Trinajstić information content (AvgIpc) is 2.52. The van der Waals surface area contributed by atoms with E-state index in [1.165, 1.54) is 0 Å². The van der Waals surface area contributed by atoms with Crippen molar-refractivity contribution in [2.75, 3.05) is 5.32 Å². The second-order valence-corrected chi connectivity index (χ2v) is 4.48. The highest BCUT2D eigenvalue weighted by molar-refractivity contribution is 5.92. The SMILES string of the molecule is CC.O=C(O)Cc1ccc(NC(=O)Cc2ccccc2)cc1.[HH]. The number of benzene rings is 2. The Kier molecular flexibility index (Phi) is 7.40. The zero-order valence-corrected chi connectivity index (χ0v) is 12.9. The molecule has 0 aliphatic heterocycles. The average molecular weight is 301 g/mol. The van der Waals surface area contributed by atoms with Crippen molar-refractivity contribution in [3.05, 3.63) is 65.7 Å². The third-order valence-electron chi connectivity index (χ3n) is 2.80. The third kappa shape index (κ3) is 6.22. The van der Waals surface area contributed by atoms with Gasteiger partial charge in [-0.1, -0.05) is 56.3 Å². The number of anilines is 1. The van der Waals surface area contributed by atoms with Crippen LogP contribution in [-0.2, 0) is 22.4 Å². The molecule has 0 saturated heterocycles. The van der Waals surface area contributed by atoms with Crippen LogP contribution in [0.5, 0.6) is 0 Å². The van der Waals surface area contributed by atoms with E-state index in [2.05, 4.69) is 5.32 Å². The van der Waals surface area contributed by atoms with Crippen molar-refractivity contribution < 1.29 is 16.1 Å². The fourth-order valence-electron chi connectivity index (χ4n) is 1.87. The van der Waals surface area contributed by atoms with Crippen molar-refractivity contribution in [1.29, 1.82) is 0 Å². The molecule has 0 radical (unpaired) electrons. The maximum absolute atomic E-state index is 11.8. The number of hydrogen-bond acceptors (Lipinski definition) is 2. The largest absolute Gasteiger partial charge is 0.481 e. The molecule has 22 heavy (non-hydrogen) atoms. The van der Waals surface area contributed by atoms with E-state index in [1.54, 1.807) is 24.3 Å². The van der Waals surface area contributed by atoms with Gasteiger partial charge in [0.25, 0.3) is 0 Å². The number of amides is 1. The number of carboxylic acid groups (broad SMARTS) is 1. The number of carbonyl (C=O) groups is 2. The van der Waals surface area contributed by atoms with Crippen LogP contribution in [0.15, 0.2) is 54.6 Å². The van der Waals surface area contributed by atoms with Crippen LogP contribution < -0.4 is 5.32 Å². The molecule has 0 spiro atoms. The van der Waals surface area contributed by atoms with Gasteiger partial charge in [-0.3, -0.25) is 9.59 Å². The van der Waals surface area contributed by atoms with Gasteiger partial charge in [0.2, 0.25) is 5.91 Å². The van der Waals surface area contributed by atoms with Gasteiger partial charge in [-0.25, -0.2) is 0 Å². The number of aliphatic carboxylic acids is 1. The standard InChI is InChI=1S/C16H15NO3.C2H6.H2/c18-15(10-12-4-2-1-3-5-12)17-14-8-6-13(7-9-14)11-16(19)20;1-2;/h1-9H,10-11H2,(H,17,18)(H,19,20);1-2H3;1H. The van der Waals surface area contributed by atoms with Crippen LogP contribution in [0.4, 0.5) is 5.69 Å². The highest BCUT2D eigenvalue weighted by Crippen LogP contribution is 2.11. The summed E-state index contributed by atoms with van der Waals surface area (Å²) in [6.07, 6.45) is 0.302. The molecule has 0 aliphatic carbocycles. The molecule has 0 aliphatic rings. The van der Waals surface area contributed by atoms with Crippen molar-refractivity contribution in [2.45, 2.75) is 26.7 Å². The number of nitrogens with one attached hydrogen (secondary N) is 1. The van der Waals surface area contributed by atoms with Crippen LogP contribution in [-0.4, -0.2) is 17.0 Å². The molecule has 118 valence electrons. The van der Waals surface area contributed by atoms with E-state index in [1.807, 2.05) is 44.2 Å². The second kappa shape index (κ2) is 9.34. The Bertz CT molecular complexity index is 597. The van der Waals surface area contributed by atoms with Crippen molar-refractivity contribution in [3.63, 3.8) is 0 Å². The molecule has 0 atom stereocenters. The lowest BCUT2D eigenvalue weighted by Gasteiger charge is -2.06. The smallest absolute Gasteiger partial charge is 0.307 e. The monoisotopic (exact) mass is 301 g/mol. The number of carboxylic acids is 1. The maximum Gasteiger partial charge on any atom is 0.307 e. The fraction of sp³-hybridized carbons (Fsp3) is 0.222. The van der Waals surface area contributed by atoms with Gasteiger partial charge in [0.1, 0.15) is 0 Å². The van der Waals surface area contributed by atoms with Crippen LogP contribution >= 0.6 is 0 Å². The summed E-state index contributed by atoms with van der Waals surface area (Å²) < 4.78 is 0. The topological polar surface area (TPSA) is 66.4 Å². The summed E-state index contributed by atoms with van der Waals surface area (Å²) >= 11 is 0. The van der Waals surface area contributed by atoms with Gasteiger partial charge in [0.15, 0.2) is 0 Å². The van der Waals surface area contributed by atoms with Crippen LogP contribution in [0.1, 0.15) is 26.4 Å². The molecule has 1 amide bonds. The van der Waals surface area contributed by atoms with Crippen molar-refractivity contribution in [2.24, 2.45) is 0 Å². The minimum Gasteiger partial charge on any atom is -0.481 e. The number of rotatable bonds is 5. The molecule has 0 bridgehead atoms. The molecule has 2 aromatic rings. The van der Waals surface area contributed by atoms with Gasteiger partial charge >= 0.3 is 5.97 Å². The molecule has 0 aromatic heterocycles. The number of carbonyl (C=O) groups excluding carboxylic acids is 1. The second-order valence-electron chi connectivity index (χ2n) is 4.48. The van der Waals surface area contributed by atoms with Crippen molar-refractivity contribution >= 4 is 17.6 Å². The predicted molar refractivity (Wildman–Crippen MR) is 90.0 cm³/mol. The van der Waals surface area contributed by atoms with Crippen LogP contribution in [0.2, 0.25) is 0 Å². The molecule has 0 heterocycles. The molecule has 4 heteroatoms. The molecule has 2 aromatic carbocycles. The van der Waals surface area contributed by atoms with E-state index < -0.39 is 5.97 Å². The normalized spacial score (nSPS) is 9.36. The van der Waals surface area contributed by atoms with Gasteiger partial charge in [0.05, 0.1) is 12.8 Å². The van der Waals surface area contributed by atoms with Crippen molar-refractivity contribution in [3.8, 4) is 0 Å². The minimum atomic E-state index is -0.870. The van der Waals surface area contributed by atoms with Crippen LogP contribution in [0.25, 0.3) is 0 Å². The molecular weight excluding hydrogens is 278 g/mol. The first kappa shape index (κ1) is 17.4. The Morgan fingerprint density at radius 1 is 0.909 bits per heavy atom. The minimum absolute atomic E-state index is 0. The molecule has 0 unspecified atom stereocenters. The zero-order chi connectivity index (χ0) is 16.4. The van der Waals surface area contributed by atoms with Crippen LogP contribution in [0, 0.1) is 0 Å². The molecule has 4 nitrogen and oxygen atoms in total. The molecular formula is C18H23NO3. The van der Waals surface area contributed by atoms with Crippen LogP contribution in [0.3, 0.4) is 0 Å². The molecule has 0 fully saturated rings. The Morgan fingerprint density at radius 2 is 1.45 bits per heavy atom. The lowest BCUT2D eigenvalue weighted by atomic mass is 10.1. The van der Waals surface area contributed by atoms with E-state index >= 15 is 0 Å². The Morgan fingerprint density at radius 3 is 2.00 bits per heavy atom. The molecule has 0 saturated carbocycles. The Labute approximate surface area is 132 Å². The maximum atomic E-state index is 11.8. The lowest BCUT2D eigenvalue weighted by molar-refractivity contribution is -0.136. The predicted octanol–water partition coefficient (Wildman–Crippen LogP) is 3.77. The van der Waals surface area contributed by atoms with Gasteiger partial charge < -0.3 is 10.4 Å². The first-order chi connectivity index (χ1) is 10.6. The Balaban J connectivity index is 0.00000155. The van der Waals surface area contributed by atoms with Gasteiger partial charge in [-0.2, -0.15) is 0 Å². The quantitative estimate of drug-likeness (QED) is 0.883. The lowest BCUT2D eigenvalue weighted by Crippen LogP contribution is -2.14. The zero-order valence-electron chi connectivity index (χ0n) is 12.9. The summed E-state index contributed by atoms with van der Waals surface area (Å²) in [6, 6.07) is 16.3. The summed E-state index contributed by atoms with van der Waals surface area (Å²) in [7, 11) is 0. The summed E-state index contributed by atoms with van der Waals surface area (Å²) in [5.41, 5.74) is 2.33. The van der Waals surface area contributed by atoms with E-state index in [4.69, 9.17) is 5.11 Å². The summed E-state index contributed by atoms with van der Waals surface area (Å²) in [5.74, 6) is -0.965. The van der Waals surface area contributed by atoms with E-state index in [-0.39, 0.29) is 13.8 Å². The van der Waals surface area contributed by atoms with E-state index in [0.29, 0.717) is 17.7 Å². The first-order valence-corrected chi connectivity index (χ1v) is 7.28. The summed E-state index contributed by atoms with van der Waals surface area (Å²) in [6.45, 7) is 4.00. The summed E-state index contributed by atoms with van der Waals surface area (Å²) in [4.78, 5) is 22.4. The third-order valence-corrected chi connectivity index (χ3v) is 2.80. The van der Waals surface area contributed by atoms with Gasteiger partial charge in [0, 0.05) is 7.11 Å². The fourth-order valence-corrected chi connectivity index (χ4v) is 1.87.